The van der Waals surface area contributed by atoms with E-state index in [1.807, 2.05) is 0 Å². The Bertz CT molecular complexity index is 2870. The molecule has 8 aliphatic rings. The van der Waals surface area contributed by atoms with E-state index < -0.39 is 0 Å². The van der Waals surface area contributed by atoms with Gasteiger partial charge in [-0.25, -0.2) is 0 Å². The second kappa shape index (κ2) is 12.1. The van der Waals surface area contributed by atoms with Crippen LogP contribution in [0.5, 0.6) is 0 Å². The molecular formula is C58H51N. The lowest BCUT2D eigenvalue weighted by Gasteiger charge is -2.53. The van der Waals surface area contributed by atoms with E-state index in [0.29, 0.717) is 0 Å². The van der Waals surface area contributed by atoms with Crippen molar-refractivity contribution in [3.05, 3.63) is 174 Å². The molecule has 8 atom stereocenters. The Labute approximate surface area is 349 Å². The van der Waals surface area contributed by atoms with Crippen LogP contribution >= 0.6 is 0 Å². The molecule has 6 bridgehead atoms. The molecule has 6 fully saturated rings. The second-order valence-corrected chi connectivity index (χ2v) is 20.0. The fraction of sp³-hybridized carbons (Fsp3) is 0.310. The first-order valence-corrected chi connectivity index (χ1v) is 23.0. The highest BCUT2D eigenvalue weighted by Crippen LogP contribution is 2.70. The molecule has 1 heteroatoms. The van der Waals surface area contributed by atoms with Crippen molar-refractivity contribution in [3.8, 4) is 33.4 Å². The van der Waals surface area contributed by atoms with E-state index in [4.69, 9.17) is 0 Å². The molecule has 1 nitrogen and oxygen atoms in total. The van der Waals surface area contributed by atoms with E-state index in [9.17, 15) is 0 Å². The van der Waals surface area contributed by atoms with Gasteiger partial charge < -0.3 is 4.90 Å². The maximum atomic E-state index is 2.69. The van der Waals surface area contributed by atoms with E-state index in [1.165, 1.54) is 125 Å². The average molecular weight is 762 g/mol. The van der Waals surface area contributed by atoms with Gasteiger partial charge in [-0.05, 0) is 178 Å². The maximum absolute atomic E-state index is 2.69. The third-order valence-electron chi connectivity index (χ3n) is 17.6. The number of rotatable bonds is 4. The van der Waals surface area contributed by atoms with Crippen LogP contribution in [-0.2, 0) is 10.8 Å². The molecular weight excluding hydrogens is 711 g/mol. The Balaban J connectivity index is 1.02. The van der Waals surface area contributed by atoms with Crippen LogP contribution in [0.4, 0.5) is 17.1 Å². The van der Waals surface area contributed by atoms with Crippen molar-refractivity contribution in [1.82, 2.24) is 0 Å². The summed E-state index contributed by atoms with van der Waals surface area (Å²) in [6, 6.07) is 59.5. The quantitative estimate of drug-likeness (QED) is 0.173. The molecule has 2 spiro atoms. The molecule has 0 amide bonds. The molecule has 0 radical (unpaired) electrons. The molecule has 0 heterocycles. The van der Waals surface area contributed by atoms with Gasteiger partial charge >= 0.3 is 0 Å². The molecule has 8 aliphatic carbocycles. The minimum atomic E-state index is 0.108. The minimum Gasteiger partial charge on any atom is -0.310 e. The lowest BCUT2D eigenvalue weighted by molar-refractivity contribution is 0.0618. The van der Waals surface area contributed by atoms with Crippen molar-refractivity contribution in [2.45, 2.75) is 75.0 Å². The van der Waals surface area contributed by atoms with Crippen molar-refractivity contribution < 1.29 is 0 Å². The zero-order chi connectivity index (χ0) is 38.5. The number of hydrogen-bond acceptors (Lipinski definition) is 1. The summed E-state index contributed by atoms with van der Waals surface area (Å²) in [7, 11) is 0. The van der Waals surface area contributed by atoms with E-state index in [0.717, 1.165) is 35.5 Å². The van der Waals surface area contributed by atoms with Crippen LogP contribution in [0.3, 0.4) is 0 Å². The van der Waals surface area contributed by atoms with Crippen molar-refractivity contribution in [2.24, 2.45) is 35.5 Å². The van der Waals surface area contributed by atoms with Crippen LogP contribution in [0.25, 0.3) is 44.2 Å². The van der Waals surface area contributed by atoms with Gasteiger partial charge in [0.05, 0.1) is 5.69 Å². The van der Waals surface area contributed by atoms with Gasteiger partial charge in [-0.15, -0.1) is 0 Å². The van der Waals surface area contributed by atoms with Crippen molar-refractivity contribution >= 4 is 27.8 Å². The van der Waals surface area contributed by atoms with Gasteiger partial charge in [0.1, 0.15) is 0 Å². The first-order chi connectivity index (χ1) is 29.2. The molecule has 7 aromatic rings. The molecule has 0 saturated heterocycles. The number of benzene rings is 7. The number of anilines is 3. The van der Waals surface area contributed by atoms with E-state index in [-0.39, 0.29) is 10.8 Å². The molecule has 15 rings (SSSR count). The van der Waals surface area contributed by atoms with Crippen LogP contribution in [0.15, 0.2) is 152 Å². The lowest BCUT2D eigenvalue weighted by atomic mass is 9.51. The van der Waals surface area contributed by atoms with Crippen LogP contribution < -0.4 is 4.90 Å². The Morgan fingerprint density at radius 1 is 0.424 bits per heavy atom. The molecule has 0 aliphatic heterocycles. The highest BCUT2D eigenvalue weighted by molar-refractivity contribution is 5.99. The summed E-state index contributed by atoms with van der Waals surface area (Å²) < 4.78 is 0. The standard InChI is InChI=1S/C58H51N/c1-2-14-46-39(10-1)11-8-17-47(46)40-12-7-13-44(33-40)59(45-26-27-49-48-15-3-5-18-51(48)57(54(49)34-45)35-37-23-24-41(57)30-37)55-21-9-20-53-56(55)50-16-4-6-19-52(50)58(53)42-25-22-36-28-38(31-42)32-43(58)29-36/h1-21,26-27,33-34,36-38,41-43H,22-25,28-32,35H2. The molecule has 8 unspecified atom stereocenters. The monoisotopic (exact) mass is 761 g/mol. The highest BCUT2D eigenvalue weighted by Gasteiger charge is 2.60. The summed E-state index contributed by atoms with van der Waals surface area (Å²) in [5.74, 6) is 4.83. The van der Waals surface area contributed by atoms with Gasteiger partial charge in [0.2, 0.25) is 0 Å². The summed E-state index contributed by atoms with van der Waals surface area (Å²) in [6.07, 6.45) is 13.9. The van der Waals surface area contributed by atoms with Gasteiger partial charge in [0.15, 0.2) is 0 Å². The summed E-state index contributed by atoms with van der Waals surface area (Å²) in [5, 5.41) is 2.60. The molecule has 59 heavy (non-hydrogen) atoms. The topological polar surface area (TPSA) is 3.24 Å². The van der Waals surface area contributed by atoms with Gasteiger partial charge in [0.25, 0.3) is 0 Å². The Morgan fingerprint density at radius 3 is 2.02 bits per heavy atom. The highest BCUT2D eigenvalue weighted by atomic mass is 15.1. The smallest absolute Gasteiger partial charge is 0.0543 e. The van der Waals surface area contributed by atoms with Crippen molar-refractivity contribution in [2.75, 3.05) is 4.90 Å². The maximum Gasteiger partial charge on any atom is 0.0543 e. The third-order valence-corrected chi connectivity index (χ3v) is 17.6. The lowest BCUT2D eigenvalue weighted by Crippen LogP contribution is -2.48. The number of fused-ring (bicyclic) bond motifs is 13. The van der Waals surface area contributed by atoms with Crippen LogP contribution in [0.1, 0.15) is 86.5 Å². The Hall–Kier alpha value is -5.40. The van der Waals surface area contributed by atoms with E-state index in [2.05, 4.69) is 157 Å². The predicted octanol–water partition coefficient (Wildman–Crippen LogP) is 15.2. The van der Waals surface area contributed by atoms with Crippen LogP contribution in [0.2, 0.25) is 0 Å². The Kier molecular flexibility index (Phi) is 6.85. The number of nitrogens with zero attached hydrogens (tertiary/aromatic N) is 1. The van der Waals surface area contributed by atoms with Gasteiger partial charge in [-0.1, -0.05) is 134 Å². The predicted molar refractivity (Wildman–Crippen MR) is 244 cm³/mol. The van der Waals surface area contributed by atoms with Crippen molar-refractivity contribution in [3.63, 3.8) is 0 Å². The Morgan fingerprint density at radius 2 is 1.10 bits per heavy atom. The fourth-order valence-corrected chi connectivity index (χ4v) is 15.7. The van der Waals surface area contributed by atoms with E-state index >= 15 is 0 Å². The summed E-state index contributed by atoms with van der Waals surface area (Å²) >= 11 is 0. The molecule has 288 valence electrons. The molecule has 0 N–H and O–H groups in total. The average Bonchev–Trinajstić information content (AvgIpc) is 4.01. The van der Waals surface area contributed by atoms with Crippen LogP contribution in [0, 0.1) is 35.5 Å². The first kappa shape index (κ1) is 33.4. The second-order valence-electron chi connectivity index (χ2n) is 20.0. The van der Waals surface area contributed by atoms with Gasteiger partial charge in [-0.3, -0.25) is 0 Å². The van der Waals surface area contributed by atoms with Crippen molar-refractivity contribution in [1.29, 1.82) is 0 Å². The van der Waals surface area contributed by atoms with Gasteiger partial charge in [-0.2, -0.15) is 0 Å². The molecule has 0 aromatic heterocycles. The van der Waals surface area contributed by atoms with Crippen LogP contribution in [-0.4, -0.2) is 0 Å². The molecule has 7 aromatic carbocycles. The molecule has 6 saturated carbocycles. The number of hydrogen-bond donors (Lipinski definition) is 0. The zero-order valence-corrected chi connectivity index (χ0v) is 33.9. The first-order valence-electron chi connectivity index (χ1n) is 23.0. The minimum absolute atomic E-state index is 0.108. The zero-order valence-electron chi connectivity index (χ0n) is 33.9. The fourth-order valence-electron chi connectivity index (χ4n) is 15.7. The summed E-state index contributed by atoms with van der Waals surface area (Å²) in [4.78, 5) is 2.69. The largest absolute Gasteiger partial charge is 0.310 e. The SMILES string of the molecule is c1cc(-c2cccc3ccccc23)cc(N(c2ccc3c(c2)C2(CC4CCC2C4)c2ccccc2-3)c2cccc3c2-c2ccccc2C32C3CCC4CC(C3)CC2C4)c1. The summed E-state index contributed by atoms with van der Waals surface area (Å²) in [6.45, 7) is 0. The third kappa shape index (κ3) is 4.37. The van der Waals surface area contributed by atoms with Gasteiger partial charge in [0, 0.05) is 27.8 Å². The van der Waals surface area contributed by atoms with E-state index in [1.54, 1.807) is 22.3 Å². The normalized spacial score (nSPS) is 29.8. The summed E-state index contributed by atoms with van der Waals surface area (Å²) in [5.41, 5.74) is 19.0.